The molecule has 1 fully saturated rings. The number of nitrogens with zero attached hydrogens (tertiary/aromatic N) is 1. The summed E-state index contributed by atoms with van der Waals surface area (Å²) in [6.45, 7) is 1.76. The van der Waals surface area contributed by atoms with Crippen LogP contribution in [0.2, 0.25) is 0 Å². The van der Waals surface area contributed by atoms with E-state index in [2.05, 4.69) is 4.98 Å². The van der Waals surface area contributed by atoms with Crippen LogP contribution in [-0.2, 0) is 12.8 Å². The molecule has 3 nitrogen and oxygen atoms in total. The van der Waals surface area contributed by atoms with E-state index in [1.165, 1.54) is 24.3 Å². The van der Waals surface area contributed by atoms with E-state index in [0.717, 1.165) is 24.0 Å². The summed E-state index contributed by atoms with van der Waals surface area (Å²) in [5, 5.41) is 9.25. The van der Waals surface area contributed by atoms with Crippen molar-refractivity contribution in [3.8, 4) is 0 Å². The van der Waals surface area contributed by atoms with Gasteiger partial charge in [-0.2, -0.15) is 11.8 Å². The molecule has 1 aromatic rings. The highest BCUT2D eigenvalue weighted by molar-refractivity contribution is 7.99. The van der Waals surface area contributed by atoms with Gasteiger partial charge in [0.1, 0.15) is 5.76 Å². The van der Waals surface area contributed by atoms with Crippen molar-refractivity contribution < 1.29 is 9.52 Å². The quantitative estimate of drug-likeness (QED) is 0.878. The lowest BCUT2D eigenvalue weighted by Gasteiger charge is -2.19. The van der Waals surface area contributed by atoms with Crippen molar-refractivity contribution in [2.24, 2.45) is 5.92 Å². The van der Waals surface area contributed by atoms with Crippen LogP contribution in [0, 0.1) is 5.92 Å². The van der Waals surface area contributed by atoms with E-state index < -0.39 is 0 Å². The molecule has 2 heterocycles. The Morgan fingerprint density at radius 3 is 3.25 bits per heavy atom. The predicted octanol–water partition coefficient (Wildman–Crippen LogP) is 2.28. The third kappa shape index (κ3) is 3.52. The molecule has 2 atom stereocenters. The number of aliphatic hydroxyl groups excluding tert-OH is 1. The molecule has 2 unspecified atom stereocenters. The van der Waals surface area contributed by atoms with Crippen molar-refractivity contribution in [3.05, 3.63) is 17.8 Å². The van der Waals surface area contributed by atoms with Crippen molar-refractivity contribution in [2.75, 3.05) is 11.5 Å². The van der Waals surface area contributed by atoms with Crippen molar-refractivity contribution >= 4 is 11.8 Å². The van der Waals surface area contributed by atoms with E-state index in [-0.39, 0.29) is 6.10 Å². The fourth-order valence-electron chi connectivity index (χ4n) is 2.04. The molecule has 1 N–H and O–H groups in total. The number of thioether (sulfide) groups is 1. The Bertz CT molecular complexity index is 319. The SMILES string of the molecule is CC(O)Cc1cnc(CC2CCCSC2)o1. The van der Waals surface area contributed by atoms with E-state index in [0.29, 0.717) is 6.42 Å². The number of rotatable bonds is 4. The first-order valence-electron chi connectivity index (χ1n) is 5.93. The second-order valence-electron chi connectivity index (χ2n) is 4.56. The predicted molar refractivity (Wildman–Crippen MR) is 65.6 cm³/mol. The normalized spacial score (nSPS) is 23.2. The molecule has 0 spiro atoms. The first-order valence-corrected chi connectivity index (χ1v) is 7.09. The molecule has 1 aliphatic heterocycles. The topological polar surface area (TPSA) is 46.3 Å². The average Bonchev–Trinajstić information content (AvgIpc) is 2.66. The number of hydrogen-bond donors (Lipinski definition) is 1. The molecule has 2 rings (SSSR count). The van der Waals surface area contributed by atoms with Gasteiger partial charge in [0.2, 0.25) is 0 Å². The fourth-order valence-corrected chi connectivity index (χ4v) is 3.20. The van der Waals surface area contributed by atoms with Crippen LogP contribution < -0.4 is 0 Å². The minimum atomic E-state index is -0.356. The molecule has 16 heavy (non-hydrogen) atoms. The Kier molecular flexibility index (Phi) is 4.29. The third-order valence-electron chi connectivity index (χ3n) is 2.82. The maximum atomic E-state index is 9.25. The monoisotopic (exact) mass is 241 g/mol. The van der Waals surface area contributed by atoms with Crippen molar-refractivity contribution in [3.63, 3.8) is 0 Å². The van der Waals surface area contributed by atoms with Gasteiger partial charge < -0.3 is 9.52 Å². The maximum absolute atomic E-state index is 9.25. The molecule has 0 amide bonds. The van der Waals surface area contributed by atoms with Crippen LogP contribution >= 0.6 is 11.8 Å². The zero-order chi connectivity index (χ0) is 11.4. The lowest BCUT2D eigenvalue weighted by molar-refractivity contribution is 0.186. The van der Waals surface area contributed by atoms with Gasteiger partial charge in [-0.1, -0.05) is 0 Å². The number of hydrogen-bond acceptors (Lipinski definition) is 4. The molecule has 0 radical (unpaired) electrons. The summed E-state index contributed by atoms with van der Waals surface area (Å²) in [6, 6.07) is 0. The van der Waals surface area contributed by atoms with Gasteiger partial charge in [-0.25, -0.2) is 4.98 Å². The molecular weight excluding hydrogens is 222 g/mol. The van der Waals surface area contributed by atoms with Gasteiger partial charge in [-0.15, -0.1) is 0 Å². The van der Waals surface area contributed by atoms with E-state index in [9.17, 15) is 5.11 Å². The first-order chi connectivity index (χ1) is 7.74. The zero-order valence-corrected chi connectivity index (χ0v) is 10.5. The van der Waals surface area contributed by atoms with Crippen LogP contribution in [-0.4, -0.2) is 27.7 Å². The minimum absolute atomic E-state index is 0.356. The standard InChI is InChI=1S/C12H19NO2S/c1-9(14)5-11-7-13-12(15-11)6-10-3-2-4-16-8-10/h7,9-10,14H,2-6,8H2,1H3. The van der Waals surface area contributed by atoms with Gasteiger partial charge in [0, 0.05) is 12.8 Å². The molecule has 1 saturated heterocycles. The molecule has 0 aliphatic carbocycles. The molecule has 90 valence electrons. The molecule has 0 aromatic carbocycles. The lowest BCUT2D eigenvalue weighted by atomic mass is 10.0. The summed E-state index contributed by atoms with van der Waals surface area (Å²) >= 11 is 2.03. The van der Waals surface area contributed by atoms with Crippen LogP contribution in [0.25, 0.3) is 0 Å². The van der Waals surface area contributed by atoms with Crippen molar-refractivity contribution in [1.82, 2.24) is 4.98 Å². The van der Waals surface area contributed by atoms with Crippen LogP contribution in [0.3, 0.4) is 0 Å². The molecule has 1 aliphatic rings. The van der Waals surface area contributed by atoms with Crippen LogP contribution in [0.5, 0.6) is 0 Å². The Hall–Kier alpha value is -0.480. The largest absolute Gasteiger partial charge is 0.446 e. The number of aliphatic hydroxyl groups is 1. The van der Waals surface area contributed by atoms with Gasteiger partial charge in [-0.3, -0.25) is 0 Å². The van der Waals surface area contributed by atoms with E-state index in [1.54, 1.807) is 13.1 Å². The molecule has 0 saturated carbocycles. The Balaban J connectivity index is 1.86. The van der Waals surface area contributed by atoms with Gasteiger partial charge in [-0.05, 0) is 37.2 Å². The van der Waals surface area contributed by atoms with Gasteiger partial charge in [0.05, 0.1) is 12.3 Å². The van der Waals surface area contributed by atoms with Crippen LogP contribution in [0.15, 0.2) is 10.6 Å². The summed E-state index contributed by atoms with van der Waals surface area (Å²) < 4.78 is 5.62. The highest BCUT2D eigenvalue weighted by Crippen LogP contribution is 2.25. The molecular formula is C12H19NO2S. The van der Waals surface area contributed by atoms with E-state index >= 15 is 0 Å². The maximum Gasteiger partial charge on any atom is 0.194 e. The molecule has 4 heteroatoms. The first kappa shape index (κ1) is 12.0. The van der Waals surface area contributed by atoms with Gasteiger partial charge in [0.15, 0.2) is 5.89 Å². The number of aromatic nitrogens is 1. The average molecular weight is 241 g/mol. The second kappa shape index (κ2) is 5.73. The highest BCUT2D eigenvalue weighted by Gasteiger charge is 2.17. The Morgan fingerprint density at radius 2 is 2.56 bits per heavy atom. The number of oxazole rings is 1. The Labute approximate surface area is 101 Å². The highest BCUT2D eigenvalue weighted by atomic mass is 32.2. The molecule has 1 aromatic heterocycles. The van der Waals surface area contributed by atoms with Gasteiger partial charge >= 0.3 is 0 Å². The third-order valence-corrected chi connectivity index (χ3v) is 4.10. The minimum Gasteiger partial charge on any atom is -0.446 e. The smallest absolute Gasteiger partial charge is 0.194 e. The fraction of sp³-hybridized carbons (Fsp3) is 0.750. The summed E-state index contributed by atoms with van der Waals surface area (Å²) in [6.07, 6.45) is 5.51. The van der Waals surface area contributed by atoms with Crippen LogP contribution in [0.1, 0.15) is 31.4 Å². The van der Waals surface area contributed by atoms with E-state index in [1.807, 2.05) is 11.8 Å². The van der Waals surface area contributed by atoms with Crippen LogP contribution in [0.4, 0.5) is 0 Å². The zero-order valence-electron chi connectivity index (χ0n) is 9.69. The lowest BCUT2D eigenvalue weighted by Crippen LogP contribution is -2.13. The van der Waals surface area contributed by atoms with E-state index in [4.69, 9.17) is 4.42 Å². The van der Waals surface area contributed by atoms with Gasteiger partial charge in [0.25, 0.3) is 0 Å². The second-order valence-corrected chi connectivity index (χ2v) is 5.71. The van der Waals surface area contributed by atoms with Crippen molar-refractivity contribution in [1.29, 1.82) is 0 Å². The summed E-state index contributed by atoms with van der Waals surface area (Å²) in [4.78, 5) is 4.28. The summed E-state index contributed by atoms with van der Waals surface area (Å²) in [7, 11) is 0. The Morgan fingerprint density at radius 1 is 1.69 bits per heavy atom. The van der Waals surface area contributed by atoms with Crippen molar-refractivity contribution in [2.45, 2.75) is 38.7 Å². The molecule has 0 bridgehead atoms. The summed E-state index contributed by atoms with van der Waals surface area (Å²) in [5.74, 6) is 4.89. The summed E-state index contributed by atoms with van der Waals surface area (Å²) in [5.41, 5.74) is 0.